The lowest BCUT2D eigenvalue weighted by Gasteiger charge is -2.10. The molecule has 1 amide bonds. The molecule has 0 saturated heterocycles. The Morgan fingerprint density at radius 1 is 0.905 bits per heavy atom. The highest BCUT2D eigenvalue weighted by Crippen LogP contribution is 2.27. The SMILES string of the molecule is O=C(Nc1c(F)c(F)c(F)c(F)c1F)c1cccc(O)c1. The van der Waals surface area contributed by atoms with E-state index in [1.54, 1.807) is 5.32 Å². The molecule has 0 bridgehead atoms. The highest BCUT2D eigenvalue weighted by atomic mass is 19.2. The maximum Gasteiger partial charge on any atom is 0.255 e. The van der Waals surface area contributed by atoms with E-state index in [4.69, 9.17) is 5.11 Å². The zero-order valence-electron chi connectivity index (χ0n) is 10.1. The number of phenolic OH excluding ortho intramolecular Hbond substituents is 1. The lowest BCUT2D eigenvalue weighted by Crippen LogP contribution is -2.16. The van der Waals surface area contributed by atoms with Gasteiger partial charge in [0.2, 0.25) is 5.82 Å². The van der Waals surface area contributed by atoms with Crippen LogP contribution in [0.1, 0.15) is 10.4 Å². The molecule has 0 aliphatic carbocycles. The Bertz CT molecular complexity index is 704. The number of phenols is 1. The van der Waals surface area contributed by atoms with Crippen molar-refractivity contribution in [1.82, 2.24) is 0 Å². The van der Waals surface area contributed by atoms with Gasteiger partial charge in [-0.15, -0.1) is 0 Å². The van der Waals surface area contributed by atoms with Gasteiger partial charge in [0.05, 0.1) is 0 Å². The van der Waals surface area contributed by atoms with Crippen LogP contribution in [0.2, 0.25) is 0 Å². The maximum absolute atomic E-state index is 13.4. The standard InChI is InChI=1S/C13H6F5NO2/c14-7-8(15)10(17)12(11(18)9(7)16)19-13(21)5-2-1-3-6(20)4-5/h1-4,20H,(H,19,21). The number of rotatable bonds is 2. The van der Waals surface area contributed by atoms with Gasteiger partial charge in [-0.1, -0.05) is 6.07 Å². The van der Waals surface area contributed by atoms with Crippen molar-refractivity contribution in [2.24, 2.45) is 0 Å². The van der Waals surface area contributed by atoms with Crippen molar-refractivity contribution >= 4 is 11.6 Å². The monoisotopic (exact) mass is 303 g/mol. The molecule has 0 spiro atoms. The number of aromatic hydroxyl groups is 1. The molecule has 2 aromatic rings. The van der Waals surface area contributed by atoms with Crippen molar-refractivity contribution in [3.63, 3.8) is 0 Å². The number of carbonyl (C=O) groups is 1. The van der Waals surface area contributed by atoms with Gasteiger partial charge >= 0.3 is 0 Å². The predicted molar refractivity (Wildman–Crippen MR) is 62.3 cm³/mol. The van der Waals surface area contributed by atoms with E-state index in [2.05, 4.69) is 0 Å². The van der Waals surface area contributed by atoms with Crippen molar-refractivity contribution in [2.75, 3.05) is 5.32 Å². The topological polar surface area (TPSA) is 49.3 Å². The fourth-order valence-corrected chi connectivity index (χ4v) is 1.55. The first-order chi connectivity index (χ1) is 9.82. The molecule has 0 aromatic heterocycles. The lowest BCUT2D eigenvalue weighted by molar-refractivity contribution is 0.102. The minimum Gasteiger partial charge on any atom is -0.508 e. The number of nitrogens with one attached hydrogen (secondary N) is 1. The minimum atomic E-state index is -2.32. The third-order valence-corrected chi connectivity index (χ3v) is 2.56. The molecule has 2 N–H and O–H groups in total. The number of benzene rings is 2. The largest absolute Gasteiger partial charge is 0.508 e. The van der Waals surface area contributed by atoms with Crippen molar-refractivity contribution in [3.8, 4) is 5.75 Å². The summed E-state index contributed by atoms with van der Waals surface area (Å²) >= 11 is 0. The van der Waals surface area contributed by atoms with E-state index >= 15 is 0 Å². The second-order valence-corrected chi connectivity index (χ2v) is 3.95. The molecule has 0 radical (unpaired) electrons. The average molecular weight is 303 g/mol. The van der Waals surface area contributed by atoms with Gasteiger partial charge in [-0.05, 0) is 18.2 Å². The van der Waals surface area contributed by atoms with E-state index in [0.29, 0.717) is 0 Å². The number of carbonyl (C=O) groups excluding carboxylic acids is 1. The molecule has 0 aliphatic rings. The summed E-state index contributed by atoms with van der Waals surface area (Å²) in [6, 6.07) is 4.64. The van der Waals surface area contributed by atoms with E-state index in [-0.39, 0.29) is 11.3 Å². The molecule has 2 rings (SSSR count). The van der Waals surface area contributed by atoms with Crippen LogP contribution in [0.4, 0.5) is 27.6 Å². The van der Waals surface area contributed by atoms with Gasteiger partial charge in [-0.2, -0.15) is 0 Å². The molecule has 8 heteroatoms. The van der Waals surface area contributed by atoms with Gasteiger partial charge in [0.1, 0.15) is 11.4 Å². The molecule has 0 saturated carbocycles. The lowest BCUT2D eigenvalue weighted by atomic mass is 10.2. The second-order valence-electron chi connectivity index (χ2n) is 3.95. The van der Waals surface area contributed by atoms with Crippen LogP contribution in [0.3, 0.4) is 0 Å². The van der Waals surface area contributed by atoms with E-state index in [0.717, 1.165) is 6.07 Å². The normalized spacial score (nSPS) is 10.5. The van der Waals surface area contributed by atoms with Crippen molar-refractivity contribution in [3.05, 3.63) is 58.9 Å². The molecule has 0 aliphatic heterocycles. The Labute approximate surface area is 114 Å². The fraction of sp³-hybridized carbons (Fsp3) is 0. The van der Waals surface area contributed by atoms with Gasteiger partial charge in [0.15, 0.2) is 23.3 Å². The molecule has 0 atom stereocenters. The quantitative estimate of drug-likeness (QED) is 0.508. The van der Waals surface area contributed by atoms with Gasteiger partial charge in [-0.3, -0.25) is 4.79 Å². The van der Waals surface area contributed by atoms with Crippen LogP contribution in [-0.2, 0) is 0 Å². The number of hydrogen-bond donors (Lipinski definition) is 2. The second kappa shape index (κ2) is 5.39. The first-order valence-corrected chi connectivity index (χ1v) is 5.44. The van der Waals surface area contributed by atoms with E-state index in [1.807, 2.05) is 0 Å². The van der Waals surface area contributed by atoms with Crippen molar-refractivity contribution in [1.29, 1.82) is 0 Å². The summed E-state index contributed by atoms with van der Waals surface area (Å²) in [4.78, 5) is 11.7. The van der Waals surface area contributed by atoms with E-state index in [1.165, 1.54) is 18.2 Å². The van der Waals surface area contributed by atoms with E-state index in [9.17, 15) is 26.7 Å². The van der Waals surface area contributed by atoms with Gasteiger partial charge < -0.3 is 10.4 Å². The molecule has 0 fully saturated rings. The van der Waals surface area contributed by atoms with Gasteiger partial charge in [0.25, 0.3) is 5.91 Å². The molecule has 110 valence electrons. The molecule has 2 aromatic carbocycles. The fourth-order valence-electron chi connectivity index (χ4n) is 1.55. The molecule has 0 unspecified atom stereocenters. The van der Waals surface area contributed by atoms with Gasteiger partial charge in [0, 0.05) is 5.56 Å². The molecule has 3 nitrogen and oxygen atoms in total. The van der Waals surface area contributed by atoms with Crippen molar-refractivity contribution < 1.29 is 31.9 Å². The highest BCUT2D eigenvalue weighted by Gasteiger charge is 2.27. The summed E-state index contributed by atoms with van der Waals surface area (Å²) in [5, 5.41) is 10.7. The number of amides is 1. The first kappa shape index (κ1) is 14.8. The summed E-state index contributed by atoms with van der Waals surface area (Å²) < 4.78 is 65.5. The number of hydrogen-bond acceptors (Lipinski definition) is 2. The number of anilines is 1. The summed E-state index contributed by atoms with van der Waals surface area (Å²) in [7, 11) is 0. The minimum absolute atomic E-state index is 0.223. The van der Waals surface area contributed by atoms with Gasteiger partial charge in [-0.25, -0.2) is 22.0 Å². The summed E-state index contributed by atoms with van der Waals surface area (Å²) in [5.74, 6) is -12.4. The van der Waals surface area contributed by atoms with Crippen LogP contribution in [0.15, 0.2) is 24.3 Å². The molecule has 21 heavy (non-hydrogen) atoms. The van der Waals surface area contributed by atoms with Crippen LogP contribution < -0.4 is 5.32 Å². The maximum atomic E-state index is 13.4. The first-order valence-electron chi connectivity index (χ1n) is 5.44. The zero-order valence-corrected chi connectivity index (χ0v) is 10.1. The zero-order chi connectivity index (χ0) is 15.7. The Kier molecular flexibility index (Phi) is 3.79. The number of halogens is 5. The molecule has 0 heterocycles. The summed E-state index contributed by atoms with van der Waals surface area (Å²) in [6.45, 7) is 0. The van der Waals surface area contributed by atoms with Crippen LogP contribution in [-0.4, -0.2) is 11.0 Å². The predicted octanol–water partition coefficient (Wildman–Crippen LogP) is 3.34. The van der Waals surface area contributed by atoms with Crippen LogP contribution in [0, 0.1) is 29.1 Å². The third kappa shape index (κ3) is 2.64. The molecular weight excluding hydrogens is 297 g/mol. The Hall–Kier alpha value is -2.64. The average Bonchev–Trinajstić information content (AvgIpc) is 2.47. The van der Waals surface area contributed by atoms with E-state index < -0.39 is 40.7 Å². The Morgan fingerprint density at radius 2 is 1.43 bits per heavy atom. The van der Waals surface area contributed by atoms with Crippen LogP contribution in [0.5, 0.6) is 5.75 Å². The van der Waals surface area contributed by atoms with Crippen LogP contribution in [0.25, 0.3) is 0 Å². The van der Waals surface area contributed by atoms with Crippen molar-refractivity contribution in [2.45, 2.75) is 0 Å². The summed E-state index contributed by atoms with van der Waals surface area (Å²) in [5.41, 5.74) is -1.68. The highest BCUT2D eigenvalue weighted by molar-refractivity contribution is 6.04. The third-order valence-electron chi connectivity index (χ3n) is 2.56. The Morgan fingerprint density at radius 3 is 1.95 bits per heavy atom. The Balaban J connectivity index is 2.43. The smallest absolute Gasteiger partial charge is 0.255 e. The molecular formula is C13H6F5NO2. The summed E-state index contributed by atoms with van der Waals surface area (Å²) in [6.07, 6.45) is 0. The van der Waals surface area contributed by atoms with Crippen LogP contribution >= 0.6 is 0 Å².